The van der Waals surface area contributed by atoms with Gasteiger partial charge in [-0.2, -0.15) is 0 Å². The first-order valence-electron chi connectivity index (χ1n) is 6.40. The van der Waals surface area contributed by atoms with Gasteiger partial charge in [0.15, 0.2) is 14.9 Å². The molecule has 0 unspecified atom stereocenters. The smallest absolute Gasteiger partial charge is 0.175 e. The topological polar surface area (TPSA) is 58.2 Å². The van der Waals surface area contributed by atoms with Gasteiger partial charge in [-0.3, -0.25) is 0 Å². The summed E-state index contributed by atoms with van der Waals surface area (Å²) in [4.78, 5) is 0.269. The second kappa shape index (κ2) is 6.64. The maximum absolute atomic E-state index is 11.4. The van der Waals surface area contributed by atoms with E-state index in [1.165, 1.54) is 18.4 Å². The van der Waals surface area contributed by atoms with Crippen LogP contribution >= 0.6 is 23.8 Å². The average molecular weight is 355 g/mol. The Kier molecular flexibility index (Phi) is 5.05. The van der Waals surface area contributed by atoms with E-state index < -0.39 is 9.84 Å². The lowest BCUT2D eigenvalue weighted by Gasteiger charge is -2.13. The Morgan fingerprint density at radius 2 is 1.73 bits per heavy atom. The minimum atomic E-state index is -3.20. The zero-order chi connectivity index (χ0) is 16.3. The molecule has 0 bridgehead atoms. The van der Waals surface area contributed by atoms with Gasteiger partial charge in [-0.25, -0.2) is 8.42 Å². The molecule has 0 amide bonds. The normalized spacial score (nSPS) is 11.0. The number of hydrogen-bond donors (Lipinski definition) is 2. The predicted molar refractivity (Wildman–Crippen MR) is 95.6 cm³/mol. The molecule has 0 atom stereocenters. The van der Waals surface area contributed by atoms with E-state index in [0.29, 0.717) is 15.8 Å². The predicted octanol–water partition coefficient (Wildman–Crippen LogP) is 3.86. The van der Waals surface area contributed by atoms with Gasteiger partial charge in [0.1, 0.15) is 0 Å². The highest BCUT2D eigenvalue weighted by atomic mass is 35.5. The first-order valence-corrected chi connectivity index (χ1v) is 9.08. The summed E-state index contributed by atoms with van der Waals surface area (Å²) in [7, 11) is -3.20. The highest BCUT2D eigenvalue weighted by Crippen LogP contribution is 2.20. The third-order valence-electron chi connectivity index (χ3n) is 2.98. The highest BCUT2D eigenvalue weighted by Gasteiger charge is 2.07. The molecule has 0 aromatic heterocycles. The third kappa shape index (κ3) is 4.43. The Hall–Kier alpha value is -1.63. The number of rotatable bonds is 3. The van der Waals surface area contributed by atoms with Gasteiger partial charge in [-0.15, -0.1) is 0 Å². The lowest BCUT2D eigenvalue weighted by molar-refractivity contribution is 0.602. The minimum absolute atomic E-state index is 0.269. The molecule has 2 N–H and O–H groups in total. The van der Waals surface area contributed by atoms with E-state index in [-0.39, 0.29) is 4.90 Å². The van der Waals surface area contributed by atoms with Crippen LogP contribution in [0.3, 0.4) is 0 Å². The molecular weight excluding hydrogens is 340 g/mol. The van der Waals surface area contributed by atoms with E-state index in [0.717, 1.165) is 11.3 Å². The monoisotopic (exact) mass is 354 g/mol. The van der Waals surface area contributed by atoms with E-state index >= 15 is 0 Å². The van der Waals surface area contributed by atoms with Crippen molar-refractivity contribution >= 4 is 50.1 Å². The Morgan fingerprint density at radius 1 is 1.09 bits per heavy atom. The Balaban J connectivity index is 2.06. The molecule has 0 saturated heterocycles. The largest absolute Gasteiger partial charge is 0.332 e. The summed E-state index contributed by atoms with van der Waals surface area (Å²) in [6, 6.07) is 11.9. The lowest BCUT2D eigenvalue weighted by atomic mass is 10.2. The molecule has 0 spiro atoms. The average Bonchev–Trinajstić information content (AvgIpc) is 2.41. The van der Waals surface area contributed by atoms with Crippen molar-refractivity contribution in [2.24, 2.45) is 0 Å². The quantitative estimate of drug-likeness (QED) is 0.819. The van der Waals surface area contributed by atoms with Gasteiger partial charge in [0.2, 0.25) is 0 Å². The van der Waals surface area contributed by atoms with Crippen molar-refractivity contribution in [2.75, 3.05) is 16.9 Å². The molecule has 0 aliphatic heterocycles. The fraction of sp³-hybridized carbons (Fsp3) is 0.133. The van der Waals surface area contributed by atoms with Gasteiger partial charge >= 0.3 is 0 Å². The van der Waals surface area contributed by atoms with Gasteiger partial charge in [0.25, 0.3) is 0 Å². The Morgan fingerprint density at radius 3 is 2.27 bits per heavy atom. The molecule has 0 fully saturated rings. The molecule has 0 heterocycles. The number of halogens is 1. The summed E-state index contributed by atoms with van der Waals surface area (Å²) in [5.41, 5.74) is 2.54. The van der Waals surface area contributed by atoms with Gasteiger partial charge in [0.05, 0.1) is 4.90 Å². The van der Waals surface area contributed by atoms with E-state index in [4.69, 9.17) is 23.8 Å². The zero-order valence-electron chi connectivity index (χ0n) is 12.1. The van der Waals surface area contributed by atoms with Crippen LogP contribution in [0.4, 0.5) is 11.4 Å². The van der Waals surface area contributed by atoms with Crippen LogP contribution in [0.15, 0.2) is 47.4 Å². The van der Waals surface area contributed by atoms with Crippen LogP contribution < -0.4 is 10.6 Å². The van der Waals surface area contributed by atoms with Gasteiger partial charge in [0, 0.05) is 22.7 Å². The summed E-state index contributed by atoms with van der Waals surface area (Å²) in [5.74, 6) is 0. The highest BCUT2D eigenvalue weighted by molar-refractivity contribution is 7.90. The van der Waals surface area contributed by atoms with Crippen molar-refractivity contribution in [2.45, 2.75) is 11.8 Å². The standard InChI is InChI=1S/C15H15ClN2O2S2/c1-10-9-11(16)3-8-14(10)18-15(21)17-12-4-6-13(7-5-12)22(2,19)20/h3-9H,1-2H3,(H2,17,18,21). The zero-order valence-corrected chi connectivity index (χ0v) is 14.4. The Bertz CT molecular complexity index is 803. The lowest BCUT2D eigenvalue weighted by Crippen LogP contribution is -2.19. The molecule has 7 heteroatoms. The fourth-order valence-electron chi connectivity index (χ4n) is 1.84. The molecule has 0 aliphatic carbocycles. The van der Waals surface area contributed by atoms with Crippen LogP contribution in [0, 0.1) is 6.92 Å². The molecule has 0 aliphatic rings. The van der Waals surface area contributed by atoms with Gasteiger partial charge in [-0.05, 0) is 67.2 Å². The van der Waals surface area contributed by atoms with E-state index in [1.807, 2.05) is 19.1 Å². The van der Waals surface area contributed by atoms with E-state index in [9.17, 15) is 8.42 Å². The third-order valence-corrected chi connectivity index (χ3v) is 4.54. The van der Waals surface area contributed by atoms with Crippen molar-refractivity contribution < 1.29 is 8.42 Å². The number of nitrogens with one attached hydrogen (secondary N) is 2. The summed E-state index contributed by atoms with van der Waals surface area (Å²) in [5, 5.41) is 7.16. The number of hydrogen-bond acceptors (Lipinski definition) is 3. The molecule has 116 valence electrons. The van der Waals surface area contributed by atoms with E-state index in [1.54, 1.807) is 18.2 Å². The second-order valence-electron chi connectivity index (χ2n) is 4.83. The van der Waals surface area contributed by atoms with E-state index in [2.05, 4.69) is 10.6 Å². The summed E-state index contributed by atoms with van der Waals surface area (Å²) in [6.07, 6.45) is 1.17. The first kappa shape index (κ1) is 16.7. The van der Waals surface area contributed by atoms with Crippen LogP contribution in [0.25, 0.3) is 0 Å². The number of benzene rings is 2. The molecule has 2 aromatic rings. The number of thiocarbonyl (C=S) groups is 1. The number of anilines is 2. The van der Waals surface area contributed by atoms with Crippen LogP contribution in [0.5, 0.6) is 0 Å². The Labute approximate surface area is 140 Å². The van der Waals surface area contributed by atoms with Crippen LogP contribution in [-0.2, 0) is 9.84 Å². The van der Waals surface area contributed by atoms with Crippen molar-refractivity contribution in [1.82, 2.24) is 0 Å². The molecule has 2 rings (SSSR count). The second-order valence-corrected chi connectivity index (χ2v) is 7.70. The van der Waals surface area contributed by atoms with Gasteiger partial charge < -0.3 is 10.6 Å². The van der Waals surface area contributed by atoms with Crippen LogP contribution in [-0.4, -0.2) is 19.8 Å². The first-order chi connectivity index (χ1) is 10.3. The molecule has 0 saturated carbocycles. The number of sulfone groups is 1. The van der Waals surface area contributed by atoms with Crippen molar-refractivity contribution in [1.29, 1.82) is 0 Å². The molecule has 2 aromatic carbocycles. The molecular formula is C15H15ClN2O2S2. The van der Waals surface area contributed by atoms with Crippen LogP contribution in [0.1, 0.15) is 5.56 Å². The van der Waals surface area contributed by atoms with Crippen LogP contribution in [0.2, 0.25) is 5.02 Å². The summed E-state index contributed by atoms with van der Waals surface area (Å²) >= 11 is 11.2. The minimum Gasteiger partial charge on any atom is -0.332 e. The SMILES string of the molecule is Cc1cc(Cl)ccc1NC(=S)Nc1ccc(S(C)(=O)=O)cc1. The van der Waals surface area contributed by atoms with Crippen molar-refractivity contribution in [3.05, 3.63) is 53.1 Å². The summed E-state index contributed by atoms with van der Waals surface area (Å²) < 4.78 is 22.8. The maximum Gasteiger partial charge on any atom is 0.175 e. The molecule has 0 radical (unpaired) electrons. The number of aryl methyl sites for hydroxylation is 1. The molecule has 22 heavy (non-hydrogen) atoms. The maximum atomic E-state index is 11.4. The van der Waals surface area contributed by atoms with Crippen molar-refractivity contribution in [3.63, 3.8) is 0 Å². The van der Waals surface area contributed by atoms with Crippen molar-refractivity contribution in [3.8, 4) is 0 Å². The van der Waals surface area contributed by atoms with Gasteiger partial charge in [-0.1, -0.05) is 11.6 Å². The molecule has 4 nitrogen and oxygen atoms in total. The summed E-state index contributed by atoms with van der Waals surface area (Å²) in [6.45, 7) is 1.93. The fourth-order valence-corrected chi connectivity index (χ4v) is 2.92.